The van der Waals surface area contributed by atoms with Gasteiger partial charge in [0, 0.05) is 31.4 Å². The first-order valence-corrected chi connectivity index (χ1v) is 7.22. The van der Waals surface area contributed by atoms with Crippen molar-refractivity contribution < 1.29 is 0 Å². The van der Waals surface area contributed by atoms with Gasteiger partial charge >= 0.3 is 0 Å². The summed E-state index contributed by atoms with van der Waals surface area (Å²) in [6.45, 7) is 7.29. The van der Waals surface area contributed by atoms with Crippen LogP contribution in [0.4, 0.5) is 0 Å². The average Bonchev–Trinajstić information content (AvgIpc) is 2.87. The molecule has 18 heavy (non-hydrogen) atoms. The Kier molecular flexibility index (Phi) is 4.78. The van der Waals surface area contributed by atoms with Gasteiger partial charge in [0.15, 0.2) is 0 Å². The summed E-state index contributed by atoms with van der Waals surface area (Å²) in [6, 6.07) is 3.19. The lowest BCUT2D eigenvalue weighted by Gasteiger charge is -2.34. The molecule has 4 nitrogen and oxygen atoms in total. The Balaban J connectivity index is 1.97. The molecule has 1 aromatic rings. The van der Waals surface area contributed by atoms with E-state index in [9.17, 15) is 0 Å². The molecule has 2 rings (SSSR count). The highest BCUT2D eigenvalue weighted by atomic mass is 15.3. The average molecular weight is 250 g/mol. The highest BCUT2D eigenvalue weighted by Gasteiger charge is 2.21. The van der Waals surface area contributed by atoms with Crippen molar-refractivity contribution in [3.63, 3.8) is 0 Å². The van der Waals surface area contributed by atoms with Gasteiger partial charge in [-0.15, -0.1) is 0 Å². The minimum absolute atomic E-state index is 0.491. The summed E-state index contributed by atoms with van der Waals surface area (Å²) in [7, 11) is 0. The van der Waals surface area contributed by atoms with E-state index in [4.69, 9.17) is 5.73 Å². The van der Waals surface area contributed by atoms with Crippen molar-refractivity contribution in [1.82, 2.24) is 14.7 Å². The van der Waals surface area contributed by atoms with Crippen molar-refractivity contribution in [2.45, 2.75) is 58.2 Å². The molecular weight excluding hydrogens is 224 g/mol. The second-order valence-corrected chi connectivity index (χ2v) is 5.40. The van der Waals surface area contributed by atoms with Gasteiger partial charge in [-0.1, -0.05) is 13.3 Å². The number of likely N-dealkylation sites (tertiary alicyclic amines) is 1. The predicted molar refractivity (Wildman–Crippen MR) is 74.3 cm³/mol. The first-order valence-electron chi connectivity index (χ1n) is 7.22. The molecule has 2 unspecified atom stereocenters. The van der Waals surface area contributed by atoms with E-state index in [0.717, 1.165) is 26.1 Å². The fraction of sp³-hybridized carbons (Fsp3) is 0.786. The number of hydrogen-bond acceptors (Lipinski definition) is 3. The number of rotatable bonds is 5. The maximum Gasteiger partial charge on any atom is 0.0765 e. The molecular formula is C14H26N4. The van der Waals surface area contributed by atoms with Gasteiger partial charge in [0.2, 0.25) is 0 Å². The summed E-state index contributed by atoms with van der Waals surface area (Å²) >= 11 is 0. The molecule has 1 aliphatic rings. The van der Waals surface area contributed by atoms with E-state index in [0.29, 0.717) is 12.1 Å². The third-order valence-electron chi connectivity index (χ3n) is 4.09. The topological polar surface area (TPSA) is 47.1 Å². The molecule has 102 valence electrons. The molecule has 0 aliphatic carbocycles. The molecule has 2 N–H and O–H groups in total. The molecule has 0 radical (unpaired) electrons. The number of nitrogens with two attached hydrogens (primary N) is 1. The molecule has 0 aromatic carbocycles. The van der Waals surface area contributed by atoms with Crippen LogP contribution in [-0.4, -0.2) is 33.8 Å². The third-order valence-corrected chi connectivity index (χ3v) is 4.09. The minimum atomic E-state index is 0.491. The first kappa shape index (κ1) is 13.6. The van der Waals surface area contributed by atoms with Gasteiger partial charge in [-0.25, -0.2) is 0 Å². The minimum Gasteiger partial charge on any atom is -0.329 e. The Morgan fingerprint density at radius 3 is 3.06 bits per heavy atom. The Morgan fingerprint density at radius 2 is 2.33 bits per heavy atom. The zero-order chi connectivity index (χ0) is 13.0. The molecule has 1 aliphatic heterocycles. The summed E-state index contributed by atoms with van der Waals surface area (Å²) in [5.74, 6) is 0. The summed E-state index contributed by atoms with van der Waals surface area (Å²) < 4.78 is 2.08. The van der Waals surface area contributed by atoms with E-state index in [1.807, 2.05) is 0 Å². The van der Waals surface area contributed by atoms with Crippen LogP contribution in [0.2, 0.25) is 0 Å². The van der Waals surface area contributed by atoms with Gasteiger partial charge in [-0.3, -0.25) is 9.58 Å². The van der Waals surface area contributed by atoms with Crippen LogP contribution in [0.15, 0.2) is 12.3 Å². The SMILES string of the molecule is CCC(C)n1ccc(CN2CCCCC2CN)n1. The van der Waals surface area contributed by atoms with E-state index in [1.165, 1.54) is 25.0 Å². The largest absolute Gasteiger partial charge is 0.329 e. The van der Waals surface area contributed by atoms with Crippen molar-refractivity contribution >= 4 is 0 Å². The van der Waals surface area contributed by atoms with Crippen LogP contribution in [0.25, 0.3) is 0 Å². The zero-order valence-electron chi connectivity index (χ0n) is 11.7. The van der Waals surface area contributed by atoms with Crippen molar-refractivity contribution in [3.8, 4) is 0 Å². The molecule has 1 saturated heterocycles. The maximum absolute atomic E-state index is 5.85. The monoisotopic (exact) mass is 250 g/mol. The molecule has 0 saturated carbocycles. The van der Waals surface area contributed by atoms with Crippen LogP contribution >= 0.6 is 0 Å². The predicted octanol–water partition coefficient (Wildman–Crippen LogP) is 2.17. The molecule has 0 spiro atoms. The summed E-state index contributed by atoms with van der Waals surface area (Å²) in [6.07, 6.45) is 7.08. The quantitative estimate of drug-likeness (QED) is 0.871. The standard InChI is InChI=1S/C14H26N4/c1-3-12(2)18-9-7-13(16-18)11-17-8-5-4-6-14(17)10-15/h7,9,12,14H,3-6,8,10-11,15H2,1-2H3. The highest BCUT2D eigenvalue weighted by Crippen LogP contribution is 2.19. The van der Waals surface area contributed by atoms with Crippen LogP contribution in [0, 0.1) is 0 Å². The lowest BCUT2D eigenvalue weighted by molar-refractivity contribution is 0.142. The van der Waals surface area contributed by atoms with Crippen LogP contribution in [-0.2, 0) is 6.54 Å². The number of piperidine rings is 1. The maximum atomic E-state index is 5.85. The second kappa shape index (κ2) is 6.34. The molecule has 0 amide bonds. The summed E-state index contributed by atoms with van der Waals surface area (Å²) in [5, 5.41) is 4.68. The molecule has 1 aromatic heterocycles. The Hall–Kier alpha value is -0.870. The number of aromatic nitrogens is 2. The van der Waals surface area contributed by atoms with E-state index in [2.05, 4.69) is 40.8 Å². The van der Waals surface area contributed by atoms with Crippen LogP contribution in [0.3, 0.4) is 0 Å². The van der Waals surface area contributed by atoms with E-state index in [-0.39, 0.29) is 0 Å². The second-order valence-electron chi connectivity index (χ2n) is 5.40. The Bertz CT molecular complexity index is 360. The van der Waals surface area contributed by atoms with Gasteiger partial charge in [0.1, 0.15) is 0 Å². The first-order chi connectivity index (χ1) is 8.74. The highest BCUT2D eigenvalue weighted by molar-refractivity contribution is 5.00. The lowest BCUT2D eigenvalue weighted by Crippen LogP contribution is -2.43. The van der Waals surface area contributed by atoms with E-state index >= 15 is 0 Å². The van der Waals surface area contributed by atoms with Crippen molar-refractivity contribution in [2.75, 3.05) is 13.1 Å². The zero-order valence-corrected chi connectivity index (χ0v) is 11.7. The molecule has 0 bridgehead atoms. The van der Waals surface area contributed by atoms with Crippen molar-refractivity contribution in [1.29, 1.82) is 0 Å². The molecule has 2 heterocycles. The van der Waals surface area contributed by atoms with Gasteiger partial charge < -0.3 is 5.73 Å². The Labute approximate surface area is 110 Å². The van der Waals surface area contributed by atoms with Gasteiger partial charge in [-0.05, 0) is 38.8 Å². The van der Waals surface area contributed by atoms with Crippen LogP contribution in [0.5, 0.6) is 0 Å². The van der Waals surface area contributed by atoms with Gasteiger partial charge in [0.05, 0.1) is 5.69 Å². The summed E-state index contributed by atoms with van der Waals surface area (Å²) in [4.78, 5) is 2.49. The van der Waals surface area contributed by atoms with Crippen LogP contribution in [0.1, 0.15) is 51.3 Å². The fourth-order valence-electron chi connectivity index (χ4n) is 2.64. The fourth-order valence-corrected chi connectivity index (χ4v) is 2.64. The van der Waals surface area contributed by atoms with E-state index in [1.54, 1.807) is 0 Å². The van der Waals surface area contributed by atoms with Crippen LogP contribution < -0.4 is 5.73 Å². The normalized spacial score (nSPS) is 23.2. The molecule has 1 fully saturated rings. The number of hydrogen-bond donors (Lipinski definition) is 1. The van der Waals surface area contributed by atoms with Gasteiger partial charge in [-0.2, -0.15) is 5.10 Å². The van der Waals surface area contributed by atoms with Gasteiger partial charge in [0.25, 0.3) is 0 Å². The Morgan fingerprint density at radius 1 is 1.50 bits per heavy atom. The van der Waals surface area contributed by atoms with E-state index < -0.39 is 0 Å². The summed E-state index contributed by atoms with van der Waals surface area (Å²) in [5.41, 5.74) is 7.03. The van der Waals surface area contributed by atoms with Crippen molar-refractivity contribution in [2.24, 2.45) is 5.73 Å². The van der Waals surface area contributed by atoms with Crippen molar-refractivity contribution in [3.05, 3.63) is 18.0 Å². The molecule has 2 atom stereocenters. The molecule has 4 heteroatoms. The number of nitrogens with zero attached hydrogens (tertiary/aromatic N) is 3. The third kappa shape index (κ3) is 3.12. The smallest absolute Gasteiger partial charge is 0.0765 e. The lowest BCUT2D eigenvalue weighted by atomic mass is 10.0.